The standard InChI is InChI=1S/C20H21FN2O4S2/c1-3-17-20(25)23-16-11-14(5-7-18(16)28-17)29(26,27)9-8-19(24)22-15-6-4-13(21)10-12(15)2/h4-7,10-11,17H,3,8-9H2,1-2H3,(H,22,24)(H,23,25)/t17-/m1/s1. The molecule has 2 N–H and O–H groups in total. The summed E-state index contributed by atoms with van der Waals surface area (Å²) < 4.78 is 38.4. The lowest BCUT2D eigenvalue weighted by Crippen LogP contribution is -2.28. The number of thioether (sulfide) groups is 1. The Morgan fingerprint density at radius 3 is 2.69 bits per heavy atom. The van der Waals surface area contributed by atoms with Gasteiger partial charge in [-0.2, -0.15) is 0 Å². The van der Waals surface area contributed by atoms with Crippen molar-refractivity contribution >= 4 is 44.8 Å². The summed E-state index contributed by atoms with van der Waals surface area (Å²) >= 11 is 1.41. The topological polar surface area (TPSA) is 92.3 Å². The Balaban J connectivity index is 1.67. The molecule has 0 saturated heterocycles. The Labute approximate surface area is 173 Å². The fraction of sp³-hybridized carbons (Fsp3) is 0.300. The number of nitrogens with one attached hydrogen (secondary N) is 2. The van der Waals surface area contributed by atoms with Crippen LogP contribution >= 0.6 is 11.8 Å². The molecule has 0 radical (unpaired) electrons. The van der Waals surface area contributed by atoms with Gasteiger partial charge in [-0.1, -0.05) is 6.92 Å². The molecule has 2 aromatic carbocycles. The van der Waals surface area contributed by atoms with Crippen LogP contribution in [0.2, 0.25) is 0 Å². The Kier molecular flexibility index (Phi) is 6.28. The number of carbonyl (C=O) groups is 2. The lowest BCUT2D eigenvalue weighted by molar-refractivity contribution is -0.116. The van der Waals surface area contributed by atoms with E-state index in [0.29, 0.717) is 23.4 Å². The highest BCUT2D eigenvalue weighted by Gasteiger charge is 2.27. The highest BCUT2D eigenvalue weighted by atomic mass is 32.2. The summed E-state index contributed by atoms with van der Waals surface area (Å²) in [5, 5.41) is 5.15. The van der Waals surface area contributed by atoms with Gasteiger partial charge in [-0.25, -0.2) is 12.8 Å². The summed E-state index contributed by atoms with van der Waals surface area (Å²) in [7, 11) is -3.72. The molecule has 9 heteroatoms. The van der Waals surface area contributed by atoms with Gasteiger partial charge in [-0.3, -0.25) is 9.59 Å². The van der Waals surface area contributed by atoms with Crippen LogP contribution in [0.5, 0.6) is 0 Å². The van der Waals surface area contributed by atoms with Crippen molar-refractivity contribution in [2.75, 3.05) is 16.4 Å². The largest absolute Gasteiger partial charge is 0.326 e. The number of anilines is 2. The number of hydrogen-bond acceptors (Lipinski definition) is 5. The van der Waals surface area contributed by atoms with Crippen molar-refractivity contribution in [2.24, 2.45) is 0 Å². The van der Waals surface area contributed by atoms with E-state index in [1.165, 1.54) is 42.1 Å². The molecular formula is C20H21FN2O4S2. The second-order valence-corrected chi connectivity index (χ2v) is 10.1. The molecule has 2 amide bonds. The number of amides is 2. The van der Waals surface area contributed by atoms with E-state index in [-0.39, 0.29) is 28.2 Å². The van der Waals surface area contributed by atoms with E-state index in [9.17, 15) is 22.4 Å². The summed E-state index contributed by atoms with van der Waals surface area (Å²) in [6, 6.07) is 8.55. The zero-order chi connectivity index (χ0) is 21.2. The number of aryl methyl sites for hydroxylation is 1. The monoisotopic (exact) mass is 436 g/mol. The molecule has 0 saturated carbocycles. The number of hydrogen-bond donors (Lipinski definition) is 2. The minimum absolute atomic E-state index is 0.0536. The molecule has 0 unspecified atom stereocenters. The maximum absolute atomic E-state index is 13.1. The number of benzene rings is 2. The Hall–Kier alpha value is -2.39. The molecule has 0 spiro atoms. The molecule has 0 fully saturated rings. The van der Waals surface area contributed by atoms with Crippen molar-refractivity contribution in [3.05, 3.63) is 47.8 Å². The molecule has 29 heavy (non-hydrogen) atoms. The van der Waals surface area contributed by atoms with Crippen LogP contribution in [0.1, 0.15) is 25.3 Å². The molecule has 1 aliphatic rings. The van der Waals surface area contributed by atoms with Gasteiger partial charge in [0.05, 0.1) is 21.6 Å². The van der Waals surface area contributed by atoms with Gasteiger partial charge in [0.1, 0.15) is 5.82 Å². The molecule has 1 aliphatic heterocycles. The van der Waals surface area contributed by atoms with Crippen molar-refractivity contribution in [1.82, 2.24) is 0 Å². The number of halogens is 1. The highest BCUT2D eigenvalue weighted by molar-refractivity contribution is 8.01. The predicted octanol–water partition coefficient (Wildman–Crippen LogP) is 3.76. The normalized spacial score (nSPS) is 16.1. The van der Waals surface area contributed by atoms with Crippen LogP contribution in [0.15, 0.2) is 46.2 Å². The van der Waals surface area contributed by atoms with Crippen LogP contribution < -0.4 is 10.6 Å². The summed E-state index contributed by atoms with van der Waals surface area (Å²) in [6.45, 7) is 3.57. The van der Waals surface area contributed by atoms with Gasteiger partial charge in [0.2, 0.25) is 11.8 Å². The Bertz CT molecular complexity index is 1070. The first-order valence-electron chi connectivity index (χ1n) is 9.10. The van der Waals surface area contributed by atoms with Crippen molar-refractivity contribution in [3.63, 3.8) is 0 Å². The van der Waals surface area contributed by atoms with Gasteiger partial charge in [-0.15, -0.1) is 11.8 Å². The van der Waals surface area contributed by atoms with Crippen LogP contribution in [-0.2, 0) is 19.4 Å². The molecule has 1 atom stereocenters. The highest BCUT2D eigenvalue weighted by Crippen LogP contribution is 2.38. The van der Waals surface area contributed by atoms with Gasteiger partial charge in [-0.05, 0) is 55.3 Å². The van der Waals surface area contributed by atoms with Crippen LogP contribution in [0.3, 0.4) is 0 Å². The van der Waals surface area contributed by atoms with E-state index in [4.69, 9.17) is 0 Å². The van der Waals surface area contributed by atoms with Crippen molar-refractivity contribution in [1.29, 1.82) is 0 Å². The van der Waals surface area contributed by atoms with Gasteiger partial charge in [0, 0.05) is 17.0 Å². The second kappa shape index (κ2) is 8.54. The minimum Gasteiger partial charge on any atom is -0.326 e. The van der Waals surface area contributed by atoms with Crippen LogP contribution in [-0.4, -0.2) is 31.2 Å². The summed E-state index contributed by atoms with van der Waals surface area (Å²) in [4.78, 5) is 25.0. The van der Waals surface area contributed by atoms with Gasteiger partial charge in [0.25, 0.3) is 0 Å². The second-order valence-electron chi connectivity index (χ2n) is 6.74. The van der Waals surface area contributed by atoms with Crippen molar-refractivity contribution in [2.45, 2.75) is 41.7 Å². The first kappa shape index (κ1) is 21.3. The SMILES string of the molecule is CC[C@H]1Sc2ccc(S(=O)(=O)CCC(=O)Nc3ccc(F)cc3C)cc2NC1=O. The summed E-state index contributed by atoms with van der Waals surface area (Å²) in [5.74, 6) is -1.41. The Morgan fingerprint density at radius 1 is 1.24 bits per heavy atom. The van der Waals surface area contributed by atoms with E-state index in [2.05, 4.69) is 10.6 Å². The molecule has 1 heterocycles. The first-order valence-corrected chi connectivity index (χ1v) is 11.6. The Morgan fingerprint density at radius 2 is 2.00 bits per heavy atom. The molecule has 0 aromatic heterocycles. The maximum atomic E-state index is 13.1. The van der Waals surface area contributed by atoms with Crippen LogP contribution in [0.25, 0.3) is 0 Å². The van der Waals surface area contributed by atoms with E-state index in [0.717, 1.165) is 4.90 Å². The smallest absolute Gasteiger partial charge is 0.237 e. The van der Waals surface area contributed by atoms with Gasteiger partial charge < -0.3 is 10.6 Å². The number of fused-ring (bicyclic) bond motifs is 1. The van der Waals surface area contributed by atoms with Crippen molar-refractivity contribution < 1.29 is 22.4 Å². The molecule has 0 aliphatic carbocycles. The lowest BCUT2D eigenvalue weighted by Gasteiger charge is -2.23. The van der Waals surface area contributed by atoms with Gasteiger partial charge in [0.15, 0.2) is 9.84 Å². The molecule has 3 rings (SSSR count). The average molecular weight is 437 g/mol. The van der Waals surface area contributed by atoms with Gasteiger partial charge >= 0.3 is 0 Å². The summed E-state index contributed by atoms with van der Waals surface area (Å²) in [5.41, 5.74) is 1.46. The van der Waals surface area contributed by atoms with Crippen molar-refractivity contribution in [3.8, 4) is 0 Å². The molecule has 2 aromatic rings. The fourth-order valence-electron chi connectivity index (χ4n) is 2.92. The first-order chi connectivity index (χ1) is 13.7. The molecular weight excluding hydrogens is 415 g/mol. The van der Waals surface area contributed by atoms with E-state index >= 15 is 0 Å². The van der Waals surface area contributed by atoms with E-state index < -0.39 is 21.6 Å². The average Bonchev–Trinajstić information content (AvgIpc) is 2.67. The number of rotatable bonds is 6. The summed E-state index contributed by atoms with van der Waals surface area (Å²) in [6.07, 6.45) is 0.438. The zero-order valence-electron chi connectivity index (χ0n) is 16.0. The predicted molar refractivity (Wildman–Crippen MR) is 111 cm³/mol. The third-order valence-electron chi connectivity index (χ3n) is 4.56. The third kappa shape index (κ3) is 4.97. The number of sulfone groups is 1. The third-order valence-corrected chi connectivity index (χ3v) is 7.72. The molecule has 0 bridgehead atoms. The lowest BCUT2D eigenvalue weighted by atomic mass is 10.2. The van der Waals surface area contributed by atoms with Crippen LogP contribution in [0, 0.1) is 12.7 Å². The minimum atomic E-state index is -3.72. The zero-order valence-corrected chi connectivity index (χ0v) is 17.6. The quantitative estimate of drug-likeness (QED) is 0.719. The fourth-order valence-corrected chi connectivity index (χ4v) is 5.20. The van der Waals surface area contributed by atoms with E-state index in [1.54, 1.807) is 13.0 Å². The molecule has 154 valence electrons. The van der Waals surface area contributed by atoms with Crippen LogP contribution in [0.4, 0.5) is 15.8 Å². The number of carbonyl (C=O) groups excluding carboxylic acids is 2. The maximum Gasteiger partial charge on any atom is 0.237 e. The van der Waals surface area contributed by atoms with E-state index in [1.807, 2.05) is 6.92 Å². The molecule has 6 nitrogen and oxygen atoms in total.